The van der Waals surface area contributed by atoms with Crippen LogP contribution in [0.4, 0.5) is 0 Å². The fourth-order valence-electron chi connectivity index (χ4n) is 2.37. The Bertz CT molecular complexity index is 533. The van der Waals surface area contributed by atoms with Crippen LogP contribution in [0, 0.1) is 5.41 Å². The Morgan fingerprint density at radius 1 is 1.20 bits per heavy atom. The SMILES string of the molecule is CCNCc1ccc(S(=O)(=O)NCC2(C)CCC2)cc1. The summed E-state index contributed by atoms with van der Waals surface area (Å²) in [5.74, 6) is 0. The van der Waals surface area contributed by atoms with Gasteiger partial charge in [-0.25, -0.2) is 13.1 Å². The summed E-state index contributed by atoms with van der Waals surface area (Å²) >= 11 is 0. The summed E-state index contributed by atoms with van der Waals surface area (Å²) in [7, 11) is -3.38. The van der Waals surface area contributed by atoms with Gasteiger partial charge in [-0.3, -0.25) is 0 Å². The first-order chi connectivity index (χ1) is 9.45. The third-order valence-corrected chi connectivity index (χ3v) is 5.48. The summed E-state index contributed by atoms with van der Waals surface area (Å²) in [6.45, 7) is 6.39. The fourth-order valence-corrected chi connectivity index (χ4v) is 3.57. The first-order valence-corrected chi connectivity index (χ1v) is 8.73. The van der Waals surface area contributed by atoms with Crippen LogP contribution in [0.2, 0.25) is 0 Å². The molecule has 1 fully saturated rings. The van der Waals surface area contributed by atoms with E-state index in [2.05, 4.69) is 17.0 Å². The van der Waals surface area contributed by atoms with E-state index in [4.69, 9.17) is 0 Å². The zero-order chi connectivity index (χ0) is 14.6. The molecule has 1 aromatic carbocycles. The Hall–Kier alpha value is -0.910. The Kier molecular flexibility index (Phi) is 4.83. The molecular weight excluding hydrogens is 272 g/mol. The molecule has 0 radical (unpaired) electrons. The molecule has 0 aromatic heterocycles. The molecular formula is C15H24N2O2S. The highest BCUT2D eigenvalue weighted by Gasteiger charge is 2.32. The average Bonchev–Trinajstić information content (AvgIpc) is 2.41. The maximum atomic E-state index is 12.2. The lowest BCUT2D eigenvalue weighted by atomic mass is 9.71. The predicted octanol–water partition coefficient (Wildman–Crippen LogP) is 2.26. The van der Waals surface area contributed by atoms with Crippen LogP contribution < -0.4 is 10.0 Å². The van der Waals surface area contributed by atoms with Gasteiger partial charge in [-0.2, -0.15) is 0 Å². The van der Waals surface area contributed by atoms with Crippen molar-refractivity contribution in [1.29, 1.82) is 0 Å². The molecule has 0 heterocycles. The van der Waals surface area contributed by atoms with E-state index in [1.807, 2.05) is 19.1 Å². The maximum Gasteiger partial charge on any atom is 0.240 e. The van der Waals surface area contributed by atoms with E-state index in [1.54, 1.807) is 12.1 Å². The summed E-state index contributed by atoms with van der Waals surface area (Å²) in [6, 6.07) is 7.08. The number of nitrogens with one attached hydrogen (secondary N) is 2. The van der Waals surface area contributed by atoms with Crippen molar-refractivity contribution in [2.45, 2.75) is 44.6 Å². The smallest absolute Gasteiger partial charge is 0.240 e. The molecule has 0 unspecified atom stereocenters. The highest BCUT2D eigenvalue weighted by molar-refractivity contribution is 7.89. The summed E-state index contributed by atoms with van der Waals surface area (Å²) in [6.07, 6.45) is 3.42. The molecule has 112 valence electrons. The molecule has 20 heavy (non-hydrogen) atoms. The molecule has 0 spiro atoms. The van der Waals surface area contributed by atoms with Crippen LogP contribution in [0.15, 0.2) is 29.2 Å². The lowest BCUT2D eigenvalue weighted by molar-refractivity contribution is 0.166. The zero-order valence-corrected chi connectivity index (χ0v) is 13.1. The summed E-state index contributed by atoms with van der Waals surface area (Å²) in [5.41, 5.74) is 1.25. The largest absolute Gasteiger partial charge is 0.313 e. The van der Waals surface area contributed by atoms with Gasteiger partial charge in [0.15, 0.2) is 0 Å². The van der Waals surface area contributed by atoms with Crippen LogP contribution in [-0.4, -0.2) is 21.5 Å². The molecule has 2 rings (SSSR count). The molecule has 0 aliphatic heterocycles. The lowest BCUT2D eigenvalue weighted by Crippen LogP contribution is -2.39. The van der Waals surface area contributed by atoms with Crippen molar-refractivity contribution in [3.8, 4) is 0 Å². The zero-order valence-electron chi connectivity index (χ0n) is 12.3. The second-order valence-corrected chi connectivity index (χ2v) is 7.68. The predicted molar refractivity (Wildman–Crippen MR) is 81.0 cm³/mol. The van der Waals surface area contributed by atoms with E-state index in [-0.39, 0.29) is 5.41 Å². The highest BCUT2D eigenvalue weighted by atomic mass is 32.2. The van der Waals surface area contributed by atoms with E-state index < -0.39 is 10.0 Å². The lowest BCUT2D eigenvalue weighted by Gasteiger charge is -2.38. The summed E-state index contributed by atoms with van der Waals surface area (Å²) in [5, 5.41) is 3.22. The first-order valence-electron chi connectivity index (χ1n) is 7.24. The minimum atomic E-state index is -3.38. The van der Waals surface area contributed by atoms with Crippen LogP contribution in [0.25, 0.3) is 0 Å². The molecule has 2 N–H and O–H groups in total. The van der Waals surface area contributed by atoms with E-state index in [9.17, 15) is 8.42 Å². The normalized spacial score (nSPS) is 17.7. The first kappa shape index (κ1) is 15.5. The molecule has 1 aromatic rings. The van der Waals surface area contributed by atoms with Crippen molar-refractivity contribution in [2.75, 3.05) is 13.1 Å². The maximum absolute atomic E-state index is 12.2. The molecule has 1 aliphatic carbocycles. The van der Waals surface area contributed by atoms with Gasteiger partial charge in [-0.15, -0.1) is 0 Å². The van der Waals surface area contributed by atoms with Crippen molar-refractivity contribution < 1.29 is 8.42 Å². The van der Waals surface area contributed by atoms with E-state index in [0.29, 0.717) is 11.4 Å². The number of benzene rings is 1. The average molecular weight is 296 g/mol. The van der Waals surface area contributed by atoms with Crippen LogP contribution in [0.1, 0.15) is 38.7 Å². The van der Waals surface area contributed by atoms with Gasteiger partial charge >= 0.3 is 0 Å². The van der Waals surface area contributed by atoms with Crippen molar-refractivity contribution >= 4 is 10.0 Å². The van der Waals surface area contributed by atoms with Gasteiger partial charge in [0.25, 0.3) is 0 Å². The van der Waals surface area contributed by atoms with Gasteiger partial charge in [0.05, 0.1) is 4.90 Å². The third-order valence-electron chi connectivity index (χ3n) is 4.06. The second kappa shape index (κ2) is 6.24. The fraction of sp³-hybridized carbons (Fsp3) is 0.600. The second-order valence-electron chi connectivity index (χ2n) is 5.91. The molecule has 1 aliphatic rings. The van der Waals surface area contributed by atoms with Crippen LogP contribution in [-0.2, 0) is 16.6 Å². The van der Waals surface area contributed by atoms with Crippen molar-refractivity contribution in [2.24, 2.45) is 5.41 Å². The van der Waals surface area contributed by atoms with Gasteiger partial charge in [-0.05, 0) is 42.5 Å². The highest BCUT2D eigenvalue weighted by Crippen LogP contribution is 2.39. The number of rotatable bonds is 7. The van der Waals surface area contributed by atoms with E-state index in [1.165, 1.54) is 6.42 Å². The summed E-state index contributed by atoms with van der Waals surface area (Å²) in [4.78, 5) is 0.348. The minimum absolute atomic E-state index is 0.151. The van der Waals surface area contributed by atoms with Crippen LogP contribution in [0.5, 0.6) is 0 Å². The number of hydrogen-bond donors (Lipinski definition) is 2. The molecule has 0 atom stereocenters. The van der Waals surface area contributed by atoms with Crippen molar-refractivity contribution in [3.05, 3.63) is 29.8 Å². The van der Waals surface area contributed by atoms with Gasteiger partial charge in [0, 0.05) is 13.1 Å². The Labute approximate surface area is 122 Å². The van der Waals surface area contributed by atoms with E-state index in [0.717, 1.165) is 31.5 Å². The molecule has 4 nitrogen and oxygen atoms in total. The Morgan fingerprint density at radius 2 is 1.85 bits per heavy atom. The molecule has 1 saturated carbocycles. The molecule has 0 amide bonds. The third kappa shape index (κ3) is 3.81. The van der Waals surface area contributed by atoms with Crippen LogP contribution in [0.3, 0.4) is 0 Å². The monoisotopic (exact) mass is 296 g/mol. The van der Waals surface area contributed by atoms with Gasteiger partial charge in [0.2, 0.25) is 10.0 Å². The minimum Gasteiger partial charge on any atom is -0.313 e. The van der Waals surface area contributed by atoms with Gasteiger partial charge in [0.1, 0.15) is 0 Å². The topological polar surface area (TPSA) is 58.2 Å². The van der Waals surface area contributed by atoms with E-state index >= 15 is 0 Å². The number of hydrogen-bond acceptors (Lipinski definition) is 3. The van der Waals surface area contributed by atoms with Crippen molar-refractivity contribution in [3.63, 3.8) is 0 Å². The standard InChI is InChI=1S/C15H24N2O2S/c1-3-16-11-13-5-7-14(8-6-13)20(18,19)17-12-15(2)9-4-10-15/h5-8,16-17H,3-4,9-12H2,1-2H3. The Morgan fingerprint density at radius 3 is 2.35 bits per heavy atom. The number of sulfonamides is 1. The molecule has 0 saturated heterocycles. The summed E-state index contributed by atoms with van der Waals surface area (Å²) < 4.78 is 27.2. The molecule has 0 bridgehead atoms. The van der Waals surface area contributed by atoms with Gasteiger partial charge in [-0.1, -0.05) is 32.4 Å². The Balaban J connectivity index is 1.98. The quantitative estimate of drug-likeness (QED) is 0.811. The molecule has 5 heteroatoms. The van der Waals surface area contributed by atoms with Crippen LogP contribution >= 0.6 is 0 Å². The van der Waals surface area contributed by atoms with Crippen molar-refractivity contribution in [1.82, 2.24) is 10.0 Å². The van der Waals surface area contributed by atoms with Gasteiger partial charge < -0.3 is 5.32 Å².